The van der Waals surface area contributed by atoms with Crippen LogP contribution in [-0.2, 0) is 20.9 Å². The summed E-state index contributed by atoms with van der Waals surface area (Å²) in [4.78, 5) is 45.0. The number of rotatable bonds is 7. The lowest BCUT2D eigenvalue weighted by Crippen LogP contribution is -2.58. The molecular weight excluding hydrogens is 454 g/mol. The van der Waals surface area contributed by atoms with Crippen LogP contribution in [0.25, 0.3) is 10.4 Å². The Morgan fingerprint density at radius 3 is 2.50 bits per heavy atom. The number of thiazole rings is 1. The molecule has 1 unspecified atom stereocenters. The predicted octanol–water partition coefficient (Wildman–Crippen LogP) is 1.19. The van der Waals surface area contributed by atoms with Crippen LogP contribution in [0.2, 0.25) is 0 Å². The minimum absolute atomic E-state index is 0.0326. The van der Waals surface area contributed by atoms with Gasteiger partial charge < -0.3 is 26.4 Å². The Hall–Kier alpha value is -2.82. The third-order valence-corrected chi connectivity index (χ3v) is 6.87. The van der Waals surface area contributed by atoms with Crippen LogP contribution in [-0.4, -0.2) is 64.0 Å². The van der Waals surface area contributed by atoms with Crippen LogP contribution in [0.5, 0.6) is 0 Å². The van der Waals surface area contributed by atoms with Gasteiger partial charge in [0.1, 0.15) is 12.1 Å². The number of nitrogens with two attached hydrogens (primary N) is 1. The molecule has 10 heteroatoms. The van der Waals surface area contributed by atoms with Gasteiger partial charge in [0.15, 0.2) is 0 Å². The van der Waals surface area contributed by atoms with E-state index in [4.69, 9.17) is 5.73 Å². The summed E-state index contributed by atoms with van der Waals surface area (Å²) in [6.07, 6.45) is -0.671. The summed E-state index contributed by atoms with van der Waals surface area (Å²) in [6, 6.07) is 6.18. The Bertz CT molecular complexity index is 1030. The molecule has 34 heavy (non-hydrogen) atoms. The molecule has 2 heterocycles. The van der Waals surface area contributed by atoms with Crippen LogP contribution in [0.1, 0.15) is 38.4 Å². The van der Waals surface area contributed by atoms with E-state index < -0.39 is 35.4 Å². The Balaban J connectivity index is 1.67. The molecule has 9 nitrogen and oxygen atoms in total. The molecule has 1 saturated heterocycles. The Morgan fingerprint density at radius 2 is 1.94 bits per heavy atom. The van der Waals surface area contributed by atoms with Crippen LogP contribution in [0.4, 0.5) is 0 Å². The standard InChI is InChI=1S/C24H33N5O4S/c1-14-20(34-13-27-14)16-7-5-15(6-8-16)11-26-22(32)18-9-17(30)12-29(18)23(33)21(24(2,3)4)28-19(31)10-25/h5-8,13,17-18,21,30H,9-12,25H2,1-4H3,(H,26,32)(H,28,31)/t17-,18+,21?/m1/s1. The van der Waals surface area contributed by atoms with Crippen LogP contribution >= 0.6 is 11.3 Å². The number of aliphatic hydroxyl groups excluding tert-OH is 1. The van der Waals surface area contributed by atoms with Gasteiger partial charge in [0.2, 0.25) is 17.7 Å². The van der Waals surface area contributed by atoms with E-state index in [1.54, 1.807) is 11.3 Å². The molecule has 184 valence electrons. The highest BCUT2D eigenvalue weighted by Crippen LogP contribution is 2.28. The highest BCUT2D eigenvalue weighted by atomic mass is 32.1. The van der Waals surface area contributed by atoms with Crippen LogP contribution in [0.3, 0.4) is 0 Å². The second kappa shape index (κ2) is 10.6. The molecule has 1 aromatic heterocycles. The van der Waals surface area contributed by atoms with E-state index in [0.29, 0.717) is 6.54 Å². The van der Waals surface area contributed by atoms with Crippen molar-refractivity contribution in [3.8, 4) is 10.4 Å². The Morgan fingerprint density at radius 1 is 1.26 bits per heavy atom. The van der Waals surface area contributed by atoms with Crippen molar-refractivity contribution in [1.29, 1.82) is 0 Å². The number of aromatic nitrogens is 1. The number of carbonyl (C=O) groups is 3. The molecule has 3 amide bonds. The number of likely N-dealkylation sites (tertiary alicyclic amines) is 1. The van der Waals surface area contributed by atoms with Crippen molar-refractivity contribution in [2.24, 2.45) is 11.1 Å². The number of nitrogens with zero attached hydrogens (tertiary/aromatic N) is 2. The maximum atomic E-state index is 13.3. The number of benzene rings is 1. The Labute approximate surface area is 203 Å². The van der Waals surface area contributed by atoms with E-state index in [1.807, 2.05) is 57.5 Å². The van der Waals surface area contributed by atoms with Crippen molar-refractivity contribution >= 4 is 29.1 Å². The Kier molecular flexibility index (Phi) is 8.06. The molecule has 2 aromatic rings. The second-order valence-electron chi connectivity index (χ2n) is 9.65. The van der Waals surface area contributed by atoms with Crippen molar-refractivity contribution in [3.63, 3.8) is 0 Å². The van der Waals surface area contributed by atoms with Crippen molar-refractivity contribution in [1.82, 2.24) is 20.5 Å². The van der Waals surface area contributed by atoms with Gasteiger partial charge in [0.05, 0.1) is 28.7 Å². The van der Waals surface area contributed by atoms with Crippen molar-refractivity contribution in [3.05, 3.63) is 41.0 Å². The third-order valence-electron chi connectivity index (χ3n) is 5.90. The van der Waals surface area contributed by atoms with Gasteiger partial charge in [0.25, 0.3) is 0 Å². The summed E-state index contributed by atoms with van der Waals surface area (Å²) >= 11 is 1.58. The number of aliphatic hydroxyl groups is 1. The van der Waals surface area contributed by atoms with E-state index in [0.717, 1.165) is 21.7 Å². The smallest absolute Gasteiger partial charge is 0.246 e. The molecule has 0 saturated carbocycles. The first-order valence-electron chi connectivity index (χ1n) is 11.3. The summed E-state index contributed by atoms with van der Waals surface area (Å²) in [7, 11) is 0. The first-order chi connectivity index (χ1) is 16.0. The number of amides is 3. The molecule has 1 fully saturated rings. The number of carbonyl (C=O) groups excluding carboxylic acids is 3. The molecule has 1 aliphatic rings. The SMILES string of the molecule is Cc1ncsc1-c1ccc(CNC(=O)[C@@H]2C[C@@H](O)CN2C(=O)C(NC(=O)CN)C(C)(C)C)cc1. The third kappa shape index (κ3) is 5.99. The average Bonchev–Trinajstić information content (AvgIpc) is 3.40. The fraction of sp³-hybridized carbons (Fsp3) is 0.500. The lowest BCUT2D eigenvalue weighted by atomic mass is 9.85. The van der Waals surface area contributed by atoms with Crippen LogP contribution in [0.15, 0.2) is 29.8 Å². The molecule has 3 rings (SSSR count). The minimum atomic E-state index is -0.869. The fourth-order valence-electron chi connectivity index (χ4n) is 4.00. The quantitative estimate of drug-likeness (QED) is 0.463. The molecule has 1 aliphatic heterocycles. The summed E-state index contributed by atoms with van der Waals surface area (Å²) in [6.45, 7) is 7.53. The van der Waals surface area contributed by atoms with Crippen molar-refractivity contribution < 1.29 is 19.5 Å². The van der Waals surface area contributed by atoms with Gasteiger partial charge in [0, 0.05) is 19.5 Å². The van der Waals surface area contributed by atoms with Crippen LogP contribution in [0, 0.1) is 12.3 Å². The fourth-order valence-corrected chi connectivity index (χ4v) is 4.81. The van der Waals surface area contributed by atoms with Crippen LogP contribution < -0.4 is 16.4 Å². The highest BCUT2D eigenvalue weighted by Gasteiger charge is 2.44. The summed E-state index contributed by atoms with van der Waals surface area (Å²) in [5, 5.41) is 15.8. The van der Waals surface area contributed by atoms with Gasteiger partial charge in [-0.25, -0.2) is 4.98 Å². The van der Waals surface area contributed by atoms with E-state index in [1.165, 1.54) is 4.90 Å². The van der Waals surface area contributed by atoms with Crippen molar-refractivity contribution in [2.45, 2.75) is 58.8 Å². The average molecular weight is 488 g/mol. The lowest BCUT2D eigenvalue weighted by Gasteiger charge is -2.35. The second-order valence-corrected chi connectivity index (χ2v) is 10.5. The summed E-state index contributed by atoms with van der Waals surface area (Å²) in [5.74, 6) is -1.20. The maximum Gasteiger partial charge on any atom is 0.246 e. The zero-order chi connectivity index (χ0) is 25.0. The monoisotopic (exact) mass is 487 g/mol. The van der Waals surface area contributed by atoms with E-state index in [2.05, 4.69) is 15.6 Å². The molecule has 5 N–H and O–H groups in total. The number of aryl methyl sites for hydroxylation is 1. The first kappa shape index (κ1) is 25.8. The van der Waals surface area contributed by atoms with Gasteiger partial charge in [-0.15, -0.1) is 11.3 Å². The summed E-state index contributed by atoms with van der Waals surface area (Å²) < 4.78 is 0. The number of hydrogen-bond acceptors (Lipinski definition) is 7. The largest absolute Gasteiger partial charge is 0.391 e. The topological polar surface area (TPSA) is 138 Å². The minimum Gasteiger partial charge on any atom is -0.391 e. The van der Waals surface area contributed by atoms with Crippen molar-refractivity contribution in [2.75, 3.05) is 13.1 Å². The number of hydrogen-bond donors (Lipinski definition) is 4. The first-order valence-corrected chi connectivity index (χ1v) is 12.1. The van der Waals surface area contributed by atoms with Gasteiger partial charge >= 0.3 is 0 Å². The molecule has 0 bridgehead atoms. The number of nitrogens with one attached hydrogen (secondary N) is 2. The molecular formula is C24H33N5O4S. The van der Waals surface area contributed by atoms with Gasteiger partial charge in [-0.2, -0.15) is 0 Å². The highest BCUT2D eigenvalue weighted by molar-refractivity contribution is 7.13. The zero-order valence-electron chi connectivity index (χ0n) is 20.0. The molecule has 1 aromatic carbocycles. The van der Waals surface area contributed by atoms with E-state index >= 15 is 0 Å². The molecule has 0 spiro atoms. The predicted molar refractivity (Wildman–Crippen MR) is 131 cm³/mol. The van der Waals surface area contributed by atoms with E-state index in [-0.39, 0.29) is 25.4 Å². The molecule has 0 aliphatic carbocycles. The van der Waals surface area contributed by atoms with Gasteiger partial charge in [-0.3, -0.25) is 14.4 Å². The summed E-state index contributed by atoms with van der Waals surface area (Å²) in [5.41, 5.74) is 9.58. The molecule has 0 radical (unpaired) electrons. The van der Waals surface area contributed by atoms with Gasteiger partial charge in [-0.05, 0) is 23.5 Å². The number of β-amino-alcohol motifs (C(OH)–C–C–N with tert-alkyl or cyclic N) is 1. The normalized spacial score (nSPS) is 19.1. The maximum absolute atomic E-state index is 13.3. The lowest BCUT2D eigenvalue weighted by molar-refractivity contribution is -0.143. The zero-order valence-corrected chi connectivity index (χ0v) is 20.8. The van der Waals surface area contributed by atoms with E-state index in [9.17, 15) is 19.5 Å². The van der Waals surface area contributed by atoms with Gasteiger partial charge in [-0.1, -0.05) is 45.0 Å². The molecule has 3 atom stereocenters.